The van der Waals surface area contributed by atoms with Gasteiger partial charge in [-0.1, -0.05) is 43.7 Å². The van der Waals surface area contributed by atoms with Crippen LogP contribution in [0, 0.1) is 6.92 Å². The fraction of sp³-hybridized carbons (Fsp3) is 0.625. The molecule has 1 N–H and O–H groups in total. The molecule has 0 aromatic heterocycles. The minimum absolute atomic E-state index is 0.419. The molecule has 0 heterocycles. The van der Waals surface area contributed by atoms with Gasteiger partial charge in [-0.2, -0.15) is 11.8 Å². The van der Waals surface area contributed by atoms with Crippen molar-refractivity contribution in [1.82, 2.24) is 5.32 Å². The van der Waals surface area contributed by atoms with E-state index in [4.69, 9.17) is 4.74 Å². The van der Waals surface area contributed by atoms with E-state index >= 15 is 0 Å². The molecule has 1 aromatic rings. The molecule has 0 fully saturated rings. The summed E-state index contributed by atoms with van der Waals surface area (Å²) in [5, 5.41) is 4.22. The number of rotatable bonds is 9. The van der Waals surface area contributed by atoms with Crippen molar-refractivity contribution in [2.75, 3.05) is 26.0 Å². The number of benzene rings is 1. The van der Waals surface area contributed by atoms with Crippen LogP contribution in [0.25, 0.3) is 0 Å². The molecule has 1 aromatic carbocycles. The molecular formula is C16H27NOS. The van der Waals surface area contributed by atoms with E-state index in [2.05, 4.69) is 50.4 Å². The third-order valence-electron chi connectivity index (χ3n) is 3.19. The van der Waals surface area contributed by atoms with Crippen molar-refractivity contribution in [1.29, 1.82) is 0 Å². The molecule has 2 unspecified atom stereocenters. The van der Waals surface area contributed by atoms with Crippen LogP contribution in [-0.2, 0) is 4.74 Å². The Morgan fingerprint density at radius 1 is 1.26 bits per heavy atom. The highest BCUT2D eigenvalue weighted by atomic mass is 32.2. The molecule has 0 aliphatic rings. The fourth-order valence-electron chi connectivity index (χ4n) is 2.04. The number of nitrogens with one attached hydrogen (secondary N) is 1. The van der Waals surface area contributed by atoms with Crippen LogP contribution in [0.5, 0.6) is 0 Å². The molecule has 0 saturated heterocycles. The summed E-state index contributed by atoms with van der Waals surface area (Å²) in [6, 6.07) is 9.30. The van der Waals surface area contributed by atoms with Gasteiger partial charge in [-0.25, -0.2) is 0 Å². The number of aryl methyl sites for hydroxylation is 1. The van der Waals surface area contributed by atoms with Crippen molar-refractivity contribution < 1.29 is 4.74 Å². The second-order valence-electron chi connectivity index (χ2n) is 4.91. The van der Waals surface area contributed by atoms with Crippen LogP contribution in [0.1, 0.15) is 37.4 Å². The standard InChI is InChI=1S/C16H27NOS/c1-5-10-17-16(14(3)19-12-11-18-4)15-8-6-13(2)7-9-15/h6-9,14,16-17H,5,10-12H2,1-4H3. The maximum atomic E-state index is 5.13. The third-order valence-corrected chi connectivity index (χ3v) is 4.39. The summed E-state index contributed by atoms with van der Waals surface area (Å²) in [5.74, 6) is 1.05. The zero-order valence-corrected chi connectivity index (χ0v) is 13.4. The van der Waals surface area contributed by atoms with Crippen molar-refractivity contribution in [2.45, 2.75) is 38.5 Å². The minimum Gasteiger partial charge on any atom is -0.384 e. The zero-order valence-electron chi connectivity index (χ0n) is 12.6. The number of thioether (sulfide) groups is 1. The molecule has 0 radical (unpaired) electrons. The SMILES string of the molecule is CCCNC(c1ccc(C)cc1)C(C)SCCOC. The number of methoxy groups -OCH3 is 1. The predicted octanol–water partition coefficient (Wildman–Crippen LogP) is 3.80. The molecule has 0 spiro atoms. The molecule has 0 amide bonds. The Morgan fingerprint density at radius 2 is 1.95 bits per heavy atom. The van der Waals surface area contributed by atoms with E-state index in [0.29, 0.717) is 11.3 Å². The van der Waals surface area contributed by atoms with E-state index in [1.54, 1.807) is 7.11 Å². The first-order chi connectivity index (χ1) is 9.19. The Bertz CT molecular complexity index is 339. The largest absolute Gasteiger partial charge is 0.384 e. The molecule has 2 atom stereocenters. The van der Waals surface area contributed by atoms with Gasteiger partial charge in [0.05, 0.1) is 6.61 Å². The van der Waals surface area contributed by atoms with Gasteiger partial charge in [0, 0.05) is 24.2 Å². The van der Waals surface area contributed by atoms with Crippen LogP contribution in [0.2, 0.25) is 0 Å². The molecule has 0 aliphatic carbocycles. The molecule has 0 aliphatic heterocycles. The highest BCUT2D eigenvalue weighted by molar-refractivity contribution is 7.99. The summed E-state index contributed by atoms with van der Waals surface area (Å²) in [4.78, 5) is 0. The Hall–Kier alpha value is -0.510. The first kappa shape index (κ1) is 16.5. The van der Waals surface area contributed by atoms with E-state index in [1.807, 2.05) is 11.8 Å². The first-order valence-corrected chi connectivity index (χ1v) is 8.14. The lowest BCUT2D eigenvalue weighted by molar-refractivity contribution is 0.218. The van der Waals surface area contributed by atoms with Crippen molar-refractivity contribution in [3.8, 4) is 0 Å². The van der Waals surface area contributed by atoms with E-state index in [0.717, 1.165) is 25.3 Å². The van der Waals surface area contributed by atoms with Crippen LogP contribution in [0.3, 0.4) is 0 Å². The van der Waals surface area contributed by atoms with Crippen LogP contribution in [-0.4, -0.2) is 31.3 Å². The molecular weight excluding hydrogens is 254 g/mol. The summed E-state index contributed by atoms with van der Waals surface area (Å²) in [5.41, 5.74) is 2.70. The van der Waals surface area contributed by atoms with Crippen molar-refractivity contribution in [3.63, 3.8) is 0 Å². The lowest BCUT2D eigenvalue weighted by Gasteiger charge is -2.25. The molecule has 108 valence electrons. The van der Waals surface area contributed by atoms with Gasteiger partial charge < -0.3 is 10.1 Å². The van der Waals surface area contributed by atoms with Gasteiger partial charge in [-0.3, -0.25) is 0 Å². The highest BCUT2D eigenvalue weighted by Gasteiger charge is 2.18. The third kappa shape index (κ3) is 5.98. The lowest BCUT2D eigenvalue weighted by Crippen LogP contribution is -2.29. The van der Waals surface area contributed by atoms with Crippen LogP contribution >= 0.6 is 11.8 Å². The van der Waals surface area contributed by atoms with Gasteiger partial charge in [0.25, 0.3) is 0 Å². The Balaban J connectivity index is 2.67. The zero-order chi connectivity index (χ0) is 14.1. The summed E-state index contributed by atoms with van der Waals surface area (Å²) < 4.78 is 5.13. The normalized spacial score (nSPS) is 14.3. The van der Waals surface area contributed by atoms with Gasteiger partial charge in [-0.05, 0) is 25.5 Å². The Kier molecular flexibility index (Phi) is 8.19. The predicted molar refractivity (Wildman–Crippen MR) is 86.0 cm³/mol. The number of hydrogen-bond donors (Lipinski definition) is 1. The quantitative estimate of drug-likeness (QED) is 0.696. The molecule has 0 bridgehead atoms. The number of hydrogen-bond acceptors (Lipinski definition) is 3. The monoisotopic (exact) mass is 281 g/mol. The second kappa shape index (κ2) is 9.40. The second-order valence-corrected chi connectivity index (χ2v) is 6.40. The van der Waals surface area contributed by atoms with E-state index in [1.165, 1.54) is 11.1 Å². The lowest BCUT2D eigenvalue weighted by atomic mass is 10.0. The summed E-state index contributed by atoms with van der Waals surface area (Å²) in [7, 11) is 1.76. The van der Waals surface area contributed by atoms with Gasteiger partial charge in [0.2, 0.25) is 0 Å². The molecule has 1 rings (SSSR count). The maximum Gasteiger partial charge on any atom is 0.0553 e. The summed E-state index contributed by atoms with van der Waals surface area (Å²) >= 11 is 1.97. The Morgan fingerprint density at radius 3 is 2.53 bits per heavy atom. The summed E-state index contributed by atoms with van der Waals surface area (Å²) in [6.07, 6.45) is 1.16. The van der Waals surface area contributed by atoms with E-state index in [-0.39, 0.29) is 0 Å². The van der Waals surface area contributed by atoms with Gasteiger partial charge in [0.15, 0.2) is 0 Å². The van der Waals surface area contributed by atoms with Crippen molar-refractivity contribution in [3.05, 3.63) is 35.4 Å². The van der Waals surface area contributed by atoms with Crippen molar-refractivity contribution in [2.24, 2.45) is 0 Å². The highest BCUT2D eigenvalue weighted by Crippen LogP contribution is 2.26. The fourth-order valence-corrected chi connectivity index (χ4v) is 3.12. The van der Waals surface area contributed by atoms with E-state index < -0.39 is 0 Å². The number of ether oxygens (including phenoxy) is 1. The Labute approximate surface area is 122 Å². The first-order valence-electron chi connectivity index (χ1n) is 7.09. The van der Waals surface area contributed by atoms with Crippen LogP contribution < -0.4 is 5.32 Å². The molecule has 3 heteroatoms. The van der Waals surface area contributed by atoms with Gasteiger partial charge >= 0.3 is 0 Å². The smallest absolute Gasteiger partial charge is 0.0553 e. The van der Waals surface area contributed by atoms with Gasteiger partial charge in [0.1, 0.15) is 0 Å². The van der Waals surface area contributed by atoms with E-state index in [9.17, 15) is 0 Å². The average molecular weight is 281 g/mol. The molecule has 19 heavy (non-hydrogen) atoms. The topological polar surface area (TPSA) is 21.3 Å². The maximum absolute atomic E-state index is 5.13. The molecule has 0 saturated carbocycles. The average Bonchev–Trinajstić information content (AvgIpc) is 2.41. The van der Waals surface area contributed by atoms with Crippen LogP contribution in [0.15, 0.2) is 24.3 Å². The summed E-state index contributed by atoms with van der Waals surface area (Å²) in [6.45, 7) is 8.53. The van der Waals surface area contributed by atoms with Crippen LogP contribution in [0.4, 0.5) is 0 Å². The van der Waals surface area contributed by atoms with Gasteiger partial charge in [-0.15, -0.1) is 0 Å². The minimum atomic E-state index is 0.419. The van der Waals surface area contributed by atoms with Crippen molar-refractivity contribution >= 4 is 11.8 Å². The molecule has 2 nitrogen and oxygen atoms in total.